The molecule has 0 saturated carbocycles. The number of aliphatic hydroxyl groups excluding tert-OH is 1. The molecule has 1 aliphatic heterocycles. The number of esters is 2. The fourth-order valence-electron chi connectivity index (χ4n) is 0.841. The number of hydrogen-bond acceptors (Lipinski definition) is 5. The minimum atomic E-state index is -2.03. The van der Waals surface area contributed by atoms with E-state index in [1.165, 1.54) is 6.92 Å². The Hall–Kier alpha value is -0.940. The van der Waals surface area contributed by atoms with Crippen molar-refractivity contribution in [3.05, 3.63) is 0 Å². The van der Waals surface area contributed by atoms with Gasteiger partial charge in [0.25, 0.3) is 0 Å². The molecule has 62 valence electrons. The Morgan fingerprint density at radius 1 is 1.64 bits per heavy atom. The normalized spacial score (nSPS) is 37.5. The lowest BCUT2D eigenvalue weighted by atomic mass is 9.93. The van der Waals surface area contributed by atoms with Crippen LogP contribution in [0.1, 0.15) is 6.92 Å². The summed E-state index contributed by atoms with van der Waals surface area (Å²) in [6, 6.07) is 0. The van der Waals surface area contributed by atoms with Crippen LogP contribution in [0.25, 0.3) is 0 Å². The molecule has 5 nitrogen and oxygen atoms in total. The largest absolute Gasteiger partial charge is 0.393 e. The second kappa shape index (κ2) is 2.28. The van der Waals surface area contributed by atoms with Gasteiger partial charge in [-0.3, -0.25) is 4.79 Å². The standard InChI is InChI=1S/C6H8O5/c1-3-4(8)11-5(9)6(3,10)2-7/h3,7,10H,2H2,1H3. The van der Waals surface area contributed by atoms with Crippen LogP contribution in [-0.4, -0.2) is 34.4 Å². The first-order chi connectivity index (χ1) is 5.02. The Morgan fingerprint density at radius 3 is 2.36 bits per heavy atom. The van der Waals surface area contributed by atoms with Crippen LogP contribution in [0.4, 0.5) is 0 Å². The molecule has 0 spiro atoms. The van der Waals surface area contributed by atoms with Gasteiger partial charge in [-0.2, -0.15) is 0 Å². The van der Waals surface area contributed by atoms with Crippen LogP contribution in [-0.2, 0) is 14.3 Å². The highest BCUT2D eigenvalue weighted by atomic mass is 16.6. The molecule has 0 bridgehead atoms. The molecule has 0 radical (unpaired) electrons. The van der Waals surface area contributed by atoms with Crippen LogP contribution < -0.4 is 0 Å². The van der Waals surface area contributed by atoms with Crippen molar-refractivity contribution in [3.8, 4) is 0 Å². The predicted octanol–water partition coefficient (Wildman–Crippen LogP) is -1.57. The molecule has 0 aromatic carbocycles. The lowest BCUT2D eigenvalue weighted by Crippen LogP contribution is -2.43. The second-order valence-electron chi connectivity index (χ2n) is 2.51. The lowest BCUT2D eigenvalue weighted by Gasteiger charge is -2.16. The zero-order chi connectivity index (χ0) is 8.65. The van der Waals surface area contributed by atoms with Crippen LogP contribution in [0.5, 0.6) is 0 Å². The molecule has 5 heteroatoms. The molecular formula is C6H8O5. The van der Waals surface area contributed by atoms with Crippen LogP contribution in [0.2, 0.25) is 0 Å². The van der Waals surface area contributed by atoms with E-state index < -0.39 is 30.1 Å². The summed E-state index contributed by atoms with van der Waals surface area (Å²) in [5.41, 5.74) is -2.03. The Kier molecular flexibility index (Phi) is 1.69. The summed E-state index contributed by atoms with van der Waals surface area (Å²) in [5.74, 6) is -2.86. The third-order valence-corrected chi connectivity index (χ3v) is 1.86. The summed E-state index contributed by atoms with van der Waals surface area (Å²) in [6.07, 6.45) is 0. The Morgan fingerprint density at radius 2 is 2.18 bits per heavy atom. The molecule has 1 saturated heterocycles. The first-order valence-electron chi connectivity index (χ1n) is 3.11. The highest BCUT2D eigenvalue weighted by Crippen LogP contribution is 2.26. The average molecular weight is 160 g/mol. The lowest BCUT2D eigenvalue weighted by molar-refractivity contribution is -0.160. The second-order valence-corrected chi connectivity index (χ2v) is 2.51. The number of ether oxygens (including phenoxy) is 1. The van der Waals surface area contributed by atoms with Crippen LogP contribution in [0.3, 0.4) is 0 Å². The highest BCUT2D eigenvalue weighted by Gasteiger charge is 2.54. The molecule has 0 aliphatic carbocycles. The number of aliphatic hydroxyl groups is 2. The maximum absolute atomic E-state index is 10.7. The Balaban J connectivity index is 2.96. The summed E-state index contributed by atoms with van der Waals surface area (Å²) in [4.78, 5) is 21.3. The van der Waals surface area contributed by atoms with Gasteiger partial charge in [0.2, 0.25) is 0 Å². The van der Waals surface area contributed by atoms with Crippen molar-refractivity contribution in [2.75, 3.05) is 6.61 Å². The molecule has 0 aromatic heterocycles. The third kappa shape index (κ3) is 0.928. The molecule has 0 amide bonds. The molecule has 1 heterocycles. The topological polar surface area (TPSA) is 83.8 Å². The van der Waals surface area contributed by atoms with E-state index in [1.807, 2.05) is 0 Å². The van der Waals surface area contributed by atoms with Crippen molar-refractivity contribution in [3.63, 3.8) is 0 Å². The highest BCUT2D eigenvalue weighted by molar-refractivity contribution is 6.00. The van der Waals surface area contributed by atoms with E-state index in [9.17, 15) is 14.7 Å². The maximum atomic E-state index is 10.7. The fourth-order valence-corrected chi connectivity index (χ4v) is 0.841. The summed E-state index contributed by atoms with van der Waals surface area (Å²) < 4.78 is 4.09. The first-order valence-corrected chi connectivity index (χ1v) is 3.11. The van der Waals surface area contributed by atoms with E-state index in [2.05, 4.69) is 4.74 Å². The zero-order valence-electron chi connectivity index (χ0n) is 5.90. The molecule has 2 atom stereocenters. The number of hydrogen-bond donors (Lipinski definition) is 2. The smallest absolute Gasteiger partial charge is 0.349 e. The SMILES string of the molecule is CC1C(=O)OC(=O)C1(O)CO. The van der Waals surface area contributed by atoms with Gasteiger partial charge in [-0.15, -0.1) is 0 Å². The van der Waals surface area contributed by atoms with Crippen LogP contribution in [0.15, 0.2) is 0 Å². The Bertz CT molecular complexity index is 211. The van der Waals surface area contributed by atoms with E-state index in [0.29, 0.717) is 0 Å². The van der Waals surface area contributed by atoms with Crippen molar-refractivity contribution < 1.29 is 24.5 Å². The van der Waals surface area contributed by atoms with Gasteiger partial charge in [0.15, 0.2) is 5.60 Å². The molecule has 0 aromatic rings. The number of carbonyl (C=O) groups excluding carboxylic acids is 2. The monoisotopic (exact) mass is 160 g/mol. The molecule has 1 aliphatic rings. The van der Waals surface area contributed by atoms with Crippen LogP contribution in [0, 0.1) is 5.92 Å². The molecule has 1 fully saturated rings. The third-order valence-electron chi connectivity index (χ3n) is 1.86. The molecule has 1 rings (SSSR count). The van der Waals surface area contributed by atoms with Gasteiger partial charge in [0.1, 0.15) is 0 Å². The van der Waals surface area contributed by atoms with Gasteiger partial charge in [0.05, 0.1) is 12.5 Å². The maximum Gasteiger partial charge on any atom is 0.349 e. The molecule has 2 unspecified atom stereocenters. The molecular weight excluding hydrogens is 152 g/mol. The number of rotatable bonds is 1. The average Bonchev–Trinajstić information content (AvgIpc) is 2.16. The van der Waals surface area contributed by atoms with Crippen LogP contribution >= 0.6 is 0 Å². The molecule has 2 N–H and O–H groups in total. The summed E-state index contributed by atoms with van der Waals surface area (Å²) in [5, 5.41) is 17.8. The van der Waals surface area contributed by atoms with Gasteiger partial charge in [-0.25, -0.2) is 4.79 Å². The van der Waals surface area contributed by atoms with Crippen molar-refractivity contribution in [1.82, 2.24) is 0 Å². The summed E-state index contributed by atoms with van der Waals surface area (Å²) >= 11 is 0. The van der Waals surface area contributed by atoms with E-state index in [-0.39, 0.29) is 0 Å². The van der Waals surface area contributed by atoms with Crippen molar-refractivity contribution >= 4 is 11.9 Å². The minimum absolute atomic E-state index is 0.793. The van der Waals surface area contributed by atoms with E-state index in [0.717, 1.165) is 0 Å². The minimum Gasteiger partial charge on any atom is -0.393 e. The van der Waals surface area contributed by atoms with Gasteiger partial charge in [-0.05, 0) is 6.92 Å². The Labute approximate surface area is 62.6 Å². The summed E-state index contributed by atoms with van der Waals surface area (Å²) in [6.45, 7) is 0.530. The quantitative estimate of drug-likeness (QED) is 0.357. The van der Waals surface area contributed by atoms with Crippen molar-refractivity contribution in [1.29, 1.82) is 0 Å². The van der Waals surface area contributed by atoms with Gasteiger partial charge >= 0.3 is 11.9 Å². The van der Waals surface area contributed by atoms with E-state index in [4.69, 9.17) is 5.11 Å². The zero-order valence-corrected chi connectivity index (χ0v) is 5.90. The number of cyclic esters (lactones) is 2. The first kappa shape index (κ1) is 8.16. The predicted molar refractivity (Wildman–Crippen MR) is 32.3 cm³/mol. The van der Waals surface area contributed by atoms with E-state index >= 15 is 0 Å². The van der Waals surface area contributed by atoms with Gasteiger partial charge in [-0.1, -0.05) is 0 Å². The van der Waals surface area contributed by atoms with Gasteiger partial charge in [0, 0.05) is 0 Å². The van der Waals surface area contributed by atoms with Crippen molar-refractivity contribution in [2.45, 2.75) is 12.5 Å². The molecule has 11 heavy (non-hydrogen) atoms. The summed E-state index contributed by atoms with van der Waals surface area (Å²) in [7, 11) is 0. The van der Waals surface area contributed by atoms with E-state index in [1.54, 1.807) is 0 Å². The van der Waals surface area contributed by atoms with Crippen molar-refractivity contribution in [2.24, 2.45) is 5.92 Å². The fraction of sp³-hybridized carbons (Fsp3) is 0.667. The number of carbonyl (C=O) groups is 2. The van der Waals surface area contributed by atoms with Gasteiger partial charge < -0.3 is 14.9 Å².